The van der Waals surface area contributed by atoms with E-state index < -0.39 is 0 Å². The second kappa shape index (κ2) is 6.85. The zero-order valence-electron chi connectivity index (χ0n) is 12.9. The van der Waals surface area contributed by atoms with Gasteiger partial charge in [0, 0.05) is 19.0 Å². The number of nitrogens with zero attached hydrogens (tertiary/aromatic N) is 3. The smallest absolute Gasteiger partial charge is 0.172 e. The Bertz CT molecular complexity index is 740. The molecule has 3 aromatic rings. The van der Waals surface area contributed by atoms with Crippen LogP contribution in [0.3, 0.4) is 0 Å². The summed E-state index contributed by atoms with van der Waals surface area (Å²) in [5.41, 5.74) is 0.997. The molecule has 0 aliphatic carbocycles. The molecule has 0 fully saturated rings. The van der Waals surface area contributed by atoms with Gasteiger partial charge in [-0.25, -0.2) is 9.97 Å². The summed E-state index contributed by atoms with van der Waals surface area (Å²) in [7, 11) is 4.08. The van der Waals surface area contributed by atoms with E-state index in [0.29, 0.717) is 0 Å². The van der Waals surface area contributed by atoms with Crippen molar-refractivity contribution in [1.29, 1.82) is 0 Å². The molecule has 0 radical (unpaired) electrons. The van der Waals surface area contributed by atoms with Crippen molar-refractivity contribution in [1.82, 2.24) is 15.3 Å². The molecule has 0 amide bonds. The van der Waals surface area contributed by atoms with Crippen molar-refractivity contribution in [3.05, 3.63) is 41.8 Å². The maximum atomic E-state index is 4.83. The van der Waals surface area contributed by atoms with Crippen LogP contribution in [-0.2, 0) is 0 Å². The van der Waals surface area contributed by atoms with E-state index >= 15 is 0 Å². The highest BCUT2D eigenvalue weighted by molar-refractivity contribution is 7.13. The zero-order valence-corrected chi connectivity index (χ0v) is 13.7. The van der Waals surface area contributed by atoms with Crippen LogP contribution in [0.5, 0.6) is 0 Å². The number of thiophene rings is 1. The van der Waals surface area contributed by atoms with Gasteiger partial charge in [-0.3, -0.25) is 0 Å². The molecule has 0 saturated carbocycles. The summed E-state index contributed by atoms with van der Waals surface area (Å²) in [5, 5.41) is 6.35. The molecule has 0 atom stereocenters. The van der Waals surface area contributed by atoms with Gasteiger partial charge in [-0.05, 0) is 43.6 Å². The van der Waals surface area contributed by atoms with Crippen LogP contribution >= 0.6 is 11.3 Å². The molecule has 1 aromatic carbocycles. The fourth-order valence-corrected chi connectivity index (χ4v) is 3.12. The fraction of sp³-hybridized carbons (Fsp3) is 0.294. The van der Waals surface area contributed by atoms with Crippen LogP contribution in [0.1, 0.15) is 6.42 Å². The summed E-state index contributed by atoms with van der Waals surface area (Å²) in [4.78, 5) is 12.9. The van der Waals surface area contributed by atoms with Crippen molar-refractivity contribution in [2.24, 2.45) is 0 Å². The van der Waals surface area contributed by atoms with Gasteiger partial charge in [0.15, 0.2) is 5.82 Å². The molecular weight excluding hydrogens is 292 g/mol. The minimum absolute atomic E-state index is 0.809. The lowest BCUT2D eigenvalue weighted by molar-refractivity contribution is 0.710. The summed E-state index contributed by atoms with van der Waals surface area (Å²) in [6, 6.07) is 12.3. The molecule has 0 aliphatic rings. The topological polar surface area (TPSA) is 41.0 Å². The third kappa shape index (κ3) is 3.10. The Hall–Kier alpha value is -1.98. The average molecular weight is 312 g/mol. The summed E-state index contributed by atoms with van der Waals surface area (Å²) in [6.07, 6.45) is 1.08. The van der Waals surface area contributed by atoms with Crippen LogP contribution in [0, 0.1) is 0 Å². The van der Waals surface area contributed by atoms with Crippen LogP contribution in [0.4, 0.5) is 5.82 Å². The van der Waals surface area contributed by atoms with Crippen molar-refractivity contribution in [2.45, 2.75) is 6.42 Å². The van der Waals surface area contributed by atoms with Gasteiger partial charge in [-0.1, -0.05) is 18.2 Å². The molecule has 22 heavy (non-hydrogen) atoms. The molecule has 0 spiro atoms. The fourth-order valence-electron chi connectivity index (χ4n) is 2.47. The van der Waals surface area contributed by atoms with Crippen molar-refractivity contribution in [3.8, 4) is 10.7 Å². The SMILES string of the molecule is CNCCCN(C)c1nc(-c2cccs2)nc2ccccc12. The Morgan fingerprint density at radius 2 is 2.00 bits per heavy atom. The lowest BCUT2D eigenvalue weighted by Gasteiger charge is -2.20. The van der Waals surface area contributed by atoms with Gasteiger partial charge < -0.3 is 10.2 Å². The summed E-state index contributed by atoms with van der Waals surface area (Å²) in [5.74, 6) is 1.81. The number of rotatable bonds is 6. The van der Waals surface area contributed by atoms with Gasteiger partial charge in [-0.2, -0.15) is 0 Å². The van der Waals surface area contributed by atoms with Gasteiger partial charge in [0.2, 0.25) is 0 Å². The number of para-hydroxylation sites is 1. The predicted molar refractivity (Wildman–Crippen MR) is 94.7 cm³/mol. The lowest BCUT2D eigenvalue weighted by atomic mass is 10.2. The Labute approximate surface area is 134 Å². The quantitative estimate of drug-likeness (QED) is 0.708. The van der Waals surface area contributed by atoms with E-state index in [1.165, 1.54) is 0 Å². The van der Waals surface area contributed by atoms with E-state index in [0.717, 1.165) is 46.9 Å². The minimum Gasteiger partial charge on any atom is -0.359 e. The number of nitrogens with one attached hydrogen (secondary N) is 1. The molecule has 2 heterocycles. The van der Waals surface area contributed by atoms with Gasteiger partial charge in [-0.15, -0.1) is 11.3 Å². The van der Waals surface area contributed by atoms with Crippen molar-refractivity contribution in [2.75, 3.05) is 32.1 Å². The highest BCUT2D eigenvalue weighted by atomic mass is 32.1. The molecule has 1 N–H and O–H groups in total. The third-order valence-corrected chi connectivity index (χ3v) is 4.47. The van der Waals surface area contributed by atoms with E-state index in [-0.39, 0.29) is 0 Å². The van der Waals surface area contributed by atoms with Crippen LogP contribution in [0.15, 0.2) is 41.8 Å². The maximum Gasteiger partial charge on any atom is 0.172 e. The molecule has 2 aromatic heterocycles. The predicted octanol–water partition coefficient (Wildman–Crippen LogP) is 3.40. The number of aromatic nitrogens is 2. The molecule has 5 heteroatoms. The Kier molecular flexibility index (Phi) is 4.65. The largest absolute Gasteiger partial charge is 0.359 e. The average Bonchev–Trinajstić information content (AvgIpc) is 3.08. The van der Waals surface area contributed by atoms with Crippen molar-refractivity contribution in [3.63, 3.8) is 0 Å². The van der Waals surface area contributed by atoms with E-state index in [9.17, 15) is 0 Å². The number of benzene rings is 1. The van der Waals surface area contributed by atoms with Gasteiger partial charge in [0.05, 0.1) is 10.4 Å². The van der Waals surface area contributed by atoms with Crippen molar-refractivity contribution < 1.29 is 0 Å². The number of hydrogen-bond donors (Lipinski definition) is 1. The highest BCUT2D eigenvalue weighted by Gasteiger charge is 2.12. The van der Waals surface area contributed by atoms with Crippen LogP contribution in [0.25, 0.3) is 21.6 Å². The molecule has 0 bridgehead atoms. The maximum absolute atomic E-state index is 4.83. The summed E-state index contributed by atoms with van der Waals surface area (Å²) < 4.78 is 0. The standard InChI is InChI=1S/C17H20N4S/c1-18-10-6-11-21(2)17-13-7-3-4-8-14(13)19-16(20-17)15-9-5-12-22-15/h3-5,7-9,12,18H,6,10-11H2,1-2H3. The van der Waals surface area contributed by atoms with E-state index in [1.807, 2.05) is 25.2 Å². The van der Waals surface area contributed by atoms with Gasteiger partial charge >= 0.3 is 0 Å². The first-order chi connectivity index (χ1) is 10.8. The normalized spacial score (nSPS) is 11.0. The number of fused-ring (bicyclic) bond motifs is 1. The highest BCUT2D eigenvalue weighted by Crippen LogP contribution is 2.28. The molecule has 114 valence electrons. The first-order valence-electron chi connectivity index (χ1n) is 7.46. The third-order valence-electron chi connectivity index (χ3n) is 3.61. The number of hydrogen-bond acceptors (Lipinski definition) is 5. The summed E-state index contributed by atoms with van der Waals surface area (Å²) >= 11 is 1.67. The monoisotopic (exact) mass is 312 g/mol. The van der Waals surface area contributed by atoms with Crippen LogP contribution in [0.2, 0.25) is 0 Å². The molecule has 3 rings (SSSR count). The molecule has 0 aliphatic heterocycles. The molecule has 0 unspecified atom stereocenters. The second-order valence-corrected chi connectivity index (χ2v) is 6.19. The van der Waals surface area contributed by atoms with Crippen LogP contribution < -0.4 is 10.2 Å². The number of anilines is 1. The van der Waals surface area contributed by atoms with E-state index in [4.69, 9.17) is 9.97 Å². The molecule has 0 saturated heterocycles. The van der Waals surface area contributed by atoms with Crippen LogP contribution in [-0.4, -0.2) is 37.2 Å². The first kappa shape index (κ1) is 14.9. The molecular formula is C17H20N4S. The first-order valence-corrected chi connectivity index (χ1v) is 8.34. The van der Waals surface area contributed by atoms with E-state index in [1.54, 1.807) is 11.3 Å². The Balaban J connectivity index is 2.02. The summed E-state index contributed by atoms with van der Waals surface area (Å²) in [6.45, 7) is 1.97. The minimum atomic E-state index is 0.809. The molecule has 4 nitrogen and oxygen atoms in total. The second-order valence-electron chi connectivity index (χ2n) is 5.24. The Morgan fingerprint density at radius 3 is 2.77 bits per heavy atom. The van der Waals surface area contributed by atoms with E-state index in [2.05, 4.69) is 40.8 Å². The van der Waals surface area contributed by atoms with Gasteiger partial charge in [0.1, 0.15) is 5.82 Å². The zero-order chi connectivity index (χ0) is 15.4. The Morgan fingerprint density at radius 1 is 1.14 bits per heavy atom. The lowest BCUT2D eigenvalue weighted by Crippen LogP contribution is -2.23. The van der Waals surface area contributed by atoms with Gasteiger partial charge in [0.25, 0.3) is 0 Å². The van der Waals surface area contributed by atoms with Crippen molar-refractivity contribution >= 4 is 28.1 Å².